The van der Waals surface area contributed by atoms with Gasteiger partial charge in [0.25, 0.3) is 11.8 Å². The van der Waals surface area contributed by atoms with E-state index in [4.69, 9.17) is 0 Å². The van der Waals surface area contributed by atoms with Crippen LogP contribution in [0.2, 0.25) is 0 Å². The topological polar surface area (TPSA) is 122 Å². The number of nitrogens with zero attached hydrogens (tertiary/aromatic N) is 5. The molecule has 1 saturated heterocycles. The molecule has 2 amide bonds. The molecule has 41 heavy (non-hydrogen) atoms. The van der Waals surface area contributed by atoms with Gasteiger partial charge in [-0.25, -0.2) is 18.2 Å². The number of carbonyl (C=O) groups is 2. The fourth-order valence-corrected chi connectivity index (χ4v) is 5.41. The van der Waals surface area contributed by atoms with Crippen molar-refractivity contribution in [3.05, 3.63) is 83.6 Å². The van der Waals surface area contributed by atoms with E-state index in [-0.39, 0.29) is 29.9 Å². The summed E-state index contributed by atoms with van der Waals surface area (Å²) in [6, 6.07) is 9.56. The quantitative estimate of drug-likeness (QED) is 0.448. The number of anilines is 2. The summed E-state index contributed by atoms with van der Waals surface area (Å²) in [6.45, 7) is 1.74. The molecule has 2 aromatic heterocycles. The lowest BCUT2D eigenvalue weighted by Crippen LogP contribution is -2.56. The van der Waals surface area contributed by atoms with Crippen molar-refractivity contribution in [2.75, 3.05) is 9.80 Å². The average Bonchev–Trinajstić information content (AvgIpc) is 3.32. The molecule has 1 aliphatic heterocycles. The van der Waals surface area contributed by atoms with Crippen molar-refractivity contribution < 1.29 is 27.9 Å². The van der Waals surface area contributed by atoms with Gasteiger partial charge in [0.1, 0.15) is 29.9 Å². The number of alkyl halides is 2. The van der Waals surface area contributed by atoms with Crippen LogP contribution < -0.4 is 15.1 Å². The first-order chi connectivity index (χ1) is 19.6. The highest BCUT2D eigenvalue weighted by Crippen LogP contribution is 2.39. The Bertz CT molecular complexity index is 1500. The average molecular weight is 565 g/mol. The molecule has 0 bridgehead atoms. The van der Waals surface area contributed by atoms with Crippen LogP contribution in [0.25, 0.3) is 0 Å². The van der Waals surface area contributed by atoms with Crippen LogP contribution >= 0.6 is 0 Å². The van der Waals surface area contributed by atoms with E-state index in [0.717, 1.165) is 17.2 Å². The van der Waals surface area contributed by atoms with Crippen LogP contribution in [0.1, 0.15) is 48.4 Å². The van der Waals surface area contributed by atoms with Crippen LogP contribution in [0.15, 0.2) is 61.1 Å². The first-order valence-corrected chi connectivity index (χ1v) is 13.1. The Morgan fingerprint density at radius 3 is 2.63 bits per heavy atom. The zero-order valence-electron chi connectivity index (χ0n) is 22.0. The lowest BCUT2D eigenvalue weighted by Gasteiger charge is -2.39. The number of nitrogens with one attached hydrogen (secondary N) is 1. The van der Waals surface area contributed by atoms with Gasteiger partial charge in [-0.05, 0) is 43.0 Å². The van der Waals surface area contributed by atoms with Crippen molar-refractivity contribution in [2.45, 2.75) is 62.9 Å². The fourth-order valence-electron chi connectivity index (χ4n) is 5.41. The van der Waals surface area contributed by atoms with Crippen LogP contribution in [0.5, 0.6) is 0 Å². The van der Waals surface area contributed by atoms with E-state index in [1.807, 2.05) is 6.07 Å². The summed E-state index contributed by atoms with van der Waals surface area (Å²) < 4.78 is 41.7. The highest BCUT2D eigenvalue weighted by molar-refractivity contribution is 6.05. The van der Waals surface area contributed by atoms with Crippen LogP contribution in [0.4, 0.5) is 24.7 Å². The molecule has 2 N–H and O–H groups in total. The van der Waals surface area contributed by atoms with E-state index in [9.17, 15) is 33.1 Å². The van der Waals surface area contributed by atoms with Gasteiger partial charge in [-0.3, -0.25) is 19.5 Å². The van der Waals surface area contributed by atoms with Crippen molar-refractivity contribution >= 4 is 23.3 Å². The molecule has 1 aromatic carbocycles. The molecule has 212 valence electrons. The molecule has 3 atom stereocenters. The Morgan fingerprint density at radius 1 is 1.20 bits per heavy atom. The third-order valence-electron chi connectivity index (χ3n) is 7.41. The summed E-state index contributed by atoms with van der Waals surface area (Å²) in [5.41, 5.74) is 1.28. The van der Waals surface area contributed by atoms with Crippen molar-refractivity contribution in [1.29, 1.82) is 5.26 Å². The second-order valence-electron chi connectivity index (χ2n) is 10.3. The maximum absolute atomic E-state index is 14.5. The molecule has 0 radical (unpaired) electrons. The zero-order valence-corrected chi connectivity index (χ0v) is 22.0. The van der Waals surface area contributed by atoms with Gasteiger partial charge in [-0.2, -0.15) is 5.26 Å². The third kappa shape index (κ3) is 5.71. The molecule has 3 aromatic rings. The number of hydrogen-bond donors (Lipinski definition) is 2. The van der Waals surface area contributed by atoms with E-state index < -0.39 is 60.7 Å². The molecule has 3 unspecified atom stereocenters. The highest BCUT2D eigenvalue weighted by Gasteiger charge is 2.48. The molecule has 2 aliphatic rings. The molecule has 9 nitrogen and oxygen atoms in total. The van der Waals surface area contributed by atoms with Gasteiger partial charge in [-0.1, -0.05) is 24.3 Å². The summed E-state index contributed by atoms with van der Waals surface area (Å²) in [5, 5.41) is 22.8. The van der Waals surface area contributed by atoms with Crippen molar-refractivity contribution in [1.82, 2.24) is 15.3 Å². The maximum Gasteiger partial charge on any atom is 0.252 e. The van der Waals surface area contributed by atoms with Crippen LogP contribution in [0, 0.1) is 24.1 Å². The number of carbonyl (C=O) groups excluding carboxylic acids is 2. The molecule has 3 heterocycles. The first kappa shape index (κ1) is 28.0. The molecule has 12 heteroatoms. The normalized spacial score (nSPS) is 20.5. The Morgan fingerprint density at radius 2 is 1.95 bits per heavy atom. The predicted molar refractivity (Wildman–Crippen MR) is 142 cm³/mol. The largest absolute Gasteiger partial charge is 0.374 e. The van der Waals surface area contributed by atoms with Crippen molar-refractivity contribution in [3.8, 4) is 6.07 Å². The first-order valence-electron chi connectivity index (χ1n) is 13.1. The van der Waals surface area contributed by atoms with Gasteiger partial charge in [0.2, 0.25) is 5.91 Å². The fraction of sp³-hybridized carbons (Fsp3) is 0.345. The SMILES string of the molecule is Cc1ccccc1C(C(=O)NC1CC(F)(F)C1)N(C(=O)C1CCC(O)N1c1cc(C#N)ccn1)c1cncc(F)c1. The smallest absolute Gasteiger partial charge is 0.252 e. The van der Waals surface area contributed by atoms with Gasteiger partial charge < -0.3 is 15.3 Å². The van der Waals surface area contributed by atoms with Crippen LogP contribution in [-0.4, -0.2) is 51.1 Å². The Balaban J connectivity index is 1.60. The summed E-state index contributed by atoms with van der Waals surface area (Å²) in [7, 11) is 0. The van der Waals surface area contributed by atoms with Gasteiger partial charge >= 0.3 is 0 Å². The summed E-state index contributed by atoms with van der Waals surface area (Å²) >= 11 is 0. The Hall–Kier alpha value is -4.50. The van der Waals surface area contributed by atoms with Gasteiger partial charge in [0.05, 0.1) is 29.7 Å². The molecule has 5 rings (SSSR count). The maximum atomic E-state index is 14.5. The molecular formula is C29H27F3N6O3. The van der Waals surface area contributed by atoms with E-state index in [1.54, 1.807) is 31.2 Å². The van der Waals surface area contributed by atoms with E-state index >= 15 is 0 Å². The number of aromatic nitrogens is 2. The van der Waals surface area contributed by atoms with Gasteiger partial charge in [-0.15, -0.1) is 0 Å². The monoisotopic (exact) mass is 564 g/mol. The molecule has 1 saturated carbocycles. The van der Waals surface area contributed by atoms with Crippen LogP contribution in [-0.2, 0) is 9.59 Å². The second-order valence-corrected chi connectivity index (χ2v) is 10.3. The minimum absolute atomic E-state index is 0.0302. The van der Waals surface area contributed by atoms with Crippen molar-refractivity contribution in [3.63, 3.8) is 0 Å². The zero-order chi connectivity index (χ0) is 29.3. The standard InChI is InChI=1S/C29H27F3N6O3/c1-17-4-2-3-5-22(17)26(27(40)36-20-12-29(31,32)13-20)37(21-11-19(30)15-34-16-21)28(41)23-6-7-25(39)38(23)24-10-18(14-33)8-9-35-24/h2-5,8-11,15-16,20,23,25-26,39H,6-7,12-13H2,1H3,(H,36,40). The highest BCUT2D eigenvalue weighted by atomic mass is 19.3. The number of aliphatic hydroxyl groups is 1. The number of rotatable bonds is 7. The minimum Gasteiger partial charge on any atom is -0.374 e. The van der Waals surface area contributed by atoms with E-state index in [1.165, 1.54) is 29.4 Å². The molecule has 2 fully saturated rings. The number of amides is 2. The second kappa shape index (κ2) is 11.2. The number of benzene rings is 1. The summed E-state index contributed by atoms with van der Waals surface area (Å²) in [5.74, 6) is -4.84. The van der Waals surface area contributed by atoms with Crippen LogP contribution in [0.3, 0.4) is 0 Å². The summed E-state index contributed by atoms with van der Waals surface area (Å²) in [4.78, 5) is 38.9. The van der Waals surface area contributed by atoms with Gasteiger partial charge in [0, 0.05) is 31.1 Å². The number of nitriles is 1. The number of halogens is 3. The van der Waals surface area contributed by atoms with E-state index in [0.29, 0.717) is 11.1 Å². The molecular weight excluding hydrogens is 537 g/mol. The number of pyridine rings is 2. The lowest BCUT2D eigenvalue weighted by atomic mass is 9.87. The molecule has 0 spiro atoms. The van der Waals surface area contributed by atoms with E-state index in [2.05, 4.69) is 15.3 Å². The van der Waals surface area contributed by atoms with Gasteiger partial charge in [0.15, 0.2) is 0 Å². The Labute approximate surface area is 234 Å². The number of hydrogen-bond acceptors (Lipinski definition) is 7. The lowest BCUT2D eigenvalue weighted by molar-refractivity contribution is -0.133. The number of aliphatic hydroxyl groups excluding tert-OH is 1. The van der Waals surface area contributed by atoms with Crippen molar-refractivity contribution in [2.24, 2.45) is 0 Å². The summed E-state index contributed by atoms with van der Waals surface area (Å²) in [6.07, 6.45) is 1.73. The third-order valence-corrected chi connectivity index (χ3v) is 7.41. The number of aryl methyl sites for hydroxylation is 1. The predicted octanol–water partition coefficient (Wildman–Crippen LogP) is 3.77. The Kier molecular flexibility index (Phi) is 7.64. The molecule has 1 aliphatic carbocycles. The minimum atomic E-state index is -2.89.